The average Bonchev–Trinajstić information content (AvgIpc) is 3.42. The van der Waals surface area contributed by atoms with E-state index >= 15 is 0 Å². The van der Waals surface area contributed by atoms with Crippen LogP contribution in [-0.2, 0) is 32.2 Å². The molecule has 8 nitrogen and oxygen atoms in total. The topological polar surface area (TPSA) is 80.7 Å². The first-order valence-corrected chi connectivity index (χ1v) is 22.9. The summed E-state index contributed by atoms with van der Waals surface area (Å²) in [5, 5.41) is 9.76. The van der Waals surface area contributed by atoms with E-state index in [1.807, 2.05) is 84.9 Å². The summed E-state index contributed by atoms with van der Waals surface area (Å²) >= 11 is 0. The quantitative estimate of drug-likeness (QED) is 0.0488. The summed E-state index contributed by atoms with van der Waals surface area (Å²) in [5.74, 6) is 0. The Kier molecular flexibility index (Phi) is 16.8. The molecular weight excluding hydrogens is 869 g/mol. The number of rotatable bonds is 19. The number of carbonyl (C=O) groups is 1. The molecule has 0 fully saturated rings. The maximum atomic E-state index is 11.6. The van der Waals surface area contributed by atoms with Gasteiger partial charge < -0.3 is 33.9 Å². The molecule has 0 bridgehead atoms. The highest BCUT2D eigenvalue weighted by Crippen LogP contribution is 2.38. The summed E-state index contributed by atoms with van der Waals surface area (Å²) in [6.45, 7) is -0.971. The van der Waals surface area contributed by atoms with Gasteiger partial charge in [-0.15, -0.1) is 0 Å². The van der Waals surface area contributed by atoms with E-state index in [0.29, 0.717) is 0 Å². The Labute approximate surface area is 410 Å². The number of aliphatic hydroxyl groups excluding tert-OH is 1. The van der Waals surface area contributed by atoms with Gasteiger partial charge in [0.25, 0.3) is 6.48 Å². The highest BCUT2D eigenvalue weighted by molar-refractivity contribution is 5.81. The standard InChI is InChI=1S/C62H54N2O6/c1-67-61(65)69-45-51-25-37-57(38-26-51)63(55-33-21-49(22-34-55)19-11-9-17-47-13-5-3-6-14-47)59-41-29-53(30-42-59)54-31-43-60(44-32-54)64(58-39-27-52(28-40-58)46-70-62(66)68-2)56-35-23-50(24-36-56)20-12-10-18-48-15-7-4-8-16-48/h3-44,61,65H,45-46H2,1-2H3. The number of ether oxygens (including phenoxy) is 4. The maximum Gasteiger partial charge on any atom is 0.508 e. The van der Waals surface area contributed by atoms with E-state index in [2.05, 4.69) is 184 Å². The molecule has 348 valence electrons. The molecule has 70 heavy (non-hydrogen) atoms. The molecule has 0 saturated heterocycles. The maximum absolute atomic E-state index is 11.6. The minimum atomic E-state index is -1.29. The predicted molar refractivity (Wildman–Crippen MR) is 285 cm³/mol. The Morgan fingerprint density at radius 2 is 0.743 bits per heavy atom. The SMILES string of the molecule is COC(=O)OCc1ccc(N(c2ccc(C=CC=Cc3ccccc3)cc2)c2ccc(-c3ccc(N(c4ccc(C=CC=Cc5ccccc5)cc4)c4ccc(COC(O)OC)cc4)cc3)cc2)cc1. The van der Waals surface area contributed by atoms with Crippen molar-refractivity contribution in [3.05, 3.63) is 264 Å². The lowest BCUT2D eigenvalue weighted by atomic mass is 10.0. The number of hydrogen-bond acceptors (Lipinski definition) is 8. The Morgan fingerprint density at radius 3 is 1.09 bits per heavy atom. The number of allylic oxidation sites excluding steroid dienone is 4. The molecular formula is C62H54N2O6. The molecule has 8 aromatic carbocycles. The van der Waals surface area contributed by atoms with Gasteiger partial charge in [-0.05, 0) is 117 Å². The molecule has 0 aromatic heterocycles. The number of aliphatic hydroxyl groups is 1. The lowest BCUT2D eigenvalue weighted by molar-refractivity contribution is -0.256. The number of nitrogens with zero attached hydrogens (tertiary/aromatic N) is 2. The fraction of sp³-hybridized carbons (Fsp3) is 0.0806. The predicted octanol–water partition coefficient (Wildman–Crippen LogP) is 15.5. The van der Waals surface area contributed by atoms with Gasteiger partial charge in [0.05, 0.1) is 13.7 Å². The number of benzene rings is 8. The Balaban J connectivity index is 1.04. The number of hydrogen-bond donors (Lipinski definition) is 1. The highest BCUT2D eigenvalue weighted by atomic mass is 16.8. The molecule has 1 N–H and O–H groups in total. The minimum Gasteiger partial charge on any atom is -0.438 e. The van der Waals surface area contributed by atoms with Crippen LogP contribution in [0.3, 0.4) is 0 Å². The van der Waals surface area contributed by atoms with Gasteiger partial charge in [-0.25, -0.2) is 4.79 Å². The number of methoxy groups -OCH3 is 2. The Hall–Kier alpha value is -8.53. The van der Waals surface area contributed by atoms with Gasteiger partial charge in [-0.1, -0.05) is 182 Å². The van der Waals surface area contributed by atoms with Gasteiger partial charge in [0.15, 0.2) is 0 Å². The average molecular weight is 923 g/mol. The van der Waals surface area contributed by atoms with E-state index in [1.54, 1.807) is 0 Å². The second-order valence-electron chi connectivity index (χ2n) is 16.1. The van der Waals surface area contributed by atoms with E-state index in [9.17, 15) is 9.90 Å². The highest BCUT2D eigenvalue weighted by Gasteiger charge is 2.16. The molecule has 0 radical (unpaired) electrons. The van der Waals surface area contributed by atoms with E-state index in [-0.39, 0.29) is 13.2 Å². The molecule has 8 aromatic rings. The van der Waals surface area contributed by atoms with Crippen LogP contribution in [0.15, 0.2) is 231 Å². The zero-order valence-electron chi connectivity index (χ0n) is 39.1. The minimum absolute atomic E-state index is 0.110. The van der Waals surface area contributed by atoms with Crippen LogP contribution in [0.1, 0.15) is 33.4 Å². The van der Waals surface area contributed by atoms with Crippen LogP contribution in [0.5, 0.6) is 0 Å². The van der Waals surface area contributed by atoms with Crippen molar-refractivity contribution in [1.82, 2.24) is 0 Å². The molecule has 0 aliphatic carbocycles. The zero-order valence-corrected chi connectivity index (χ0v) is 39.1. The van der Waals surface area contributed by atoms with Crippen molar-refractivity contribution in [2.75, 3.05) is 24.0 Å². The van der Waals surface area contributed by atoms with Crippen molar-refractivity contribution >= 4 is 64.6 Å². The smallest absolute Gasteiger partial charge is 0.438 e. The normalized spacial score (nSPS) is 11.9. The van der Waals surface area contributed by atoms with E-state index in [4.69, 9.17) is 14.2 Å². The molecule has 8 rings (SSSR count). The molecule has 0 heterocycles. The molecule has 0 amide bonds. The van der Waals surface area contributed by atoms with Crippen LogP contribution in [0.25, 0.3) is 35.4 Å². The molecule has 1 atom stereocenters. The first kappa shape index (κ1) is 47.9. The van der Waals surface area contributed by atoms with Crippen LogP contribution in [0.4, 0.5) is 38.9 Å². The summed E-state index contributed by atoms with van der Waals surface area (Å²) in [7, 11) is 2.69. The van der Waals surface area contributed by atoms with E-state index in [0.717, 1.165) is 78.6 Å². The van der Waals surface area contributed by atoms with Crippen molar-refractivity contribution in [3.63, 3.8) is 0 Å². The van der Waals surface area contributed by atoms with E-state index in [1.165, 1.54) is 14.2 Å². The Bertz CT molecular complexity index is 2990. The van der Waals surface area contributed by atoms with Crippen molar-refractivity contribution in [2.24, 2.45) is 0 Å². The van der Waals surface area contributed by atoms with Crippen molar-refractivity contribution in [2.45, 2.75) is 19.7 Å². The molecule has 0 aliphatic heterocycles. The summed E-state index contributed by atoms with van der Waals surface area (Å²) in [4.78, 5) is 16.1. The Morgan fingerprint density at radius 1 is 0.429 bits per heavy atom. The fourth-order valence-electron chi connectivity index (χ4n) is 7.68. The molecule has 0 spiro atoms. The summed E-state index contributed by atoms with van der Waals surface area (Å²) in [5.41, 5.74) is 14.2. The van der Waals surface area contributed by atoms with Crippen LogP contribution < -0.4 is 9.80 Å². The third-order valence-corrected chi connectivity index (χ3v) is 11.4. The van der Waals surface area contributed by atoms with Gasteiger partial charge in [0.2, 0.25) is 0 Å². The van der Waals surface area contributed by atoms with Gasteiger partial charge in [0.1, 0.15) is 6.61 Å². The van der Waals surface area contributed by atoms with Crippen LogP contribution in [0.2, 0.25) is 0 Å². The first-order chi connectivity index (χ1) is 34.4. The van der Waals surface area contributed by atoms with Crippen LogP contribution in [0, 0.1) is 0 Å². The van der Waals surface area contributed by atoms with Gasteiger partial charge in [-0.2, -0.15) is 0 Å². The summed E-state index contributed by atoms with van der Waals surface area (Å²) < 4.78 is 20.1. The largest absolute Gasteiger partial charge is 0.508 e. The monoisotopic (exact) mass is 922 g/mol. The summed E-state index contributed by atoms with van der Waals surface area (Å²) in [6.07, 6.45) is 15.8. The lowest BCUT2D eigenvalue weighted by Gasteiger charge is -2.26. The van der Waals surface area contributed by atoms with Gasteiger partial charge in [-0.3, -0.25) is 0 Å². The number of anilines is 6. The van der Waals surface area contributed by atoms with Crippen LogP contribution in [-0.4, -0.2) is 32.0 Å². The summed E-state index contributed by atoms with van der Waals surface area (Å²) in [6, 6.07) is 70.6. The fourth-order valence-corrected chi connectivity index (χ4v) is 7.68. The van der Waals surface area contributed by atoms with Crippen LogP contribution >= 0.6 is 0 Å². The molecule has 0 saturated carbocycles. The van der Waals surface area contributed by atoms with Crippen molar-refractivity contribution in [3.8, 4) is 11.1 Å². The molecule has 0 aliphatic rings. The lowest BCUT2D eigenvalue weighted by Crippen LogP contribution is -2.13. The molecule has 1 unspecified atom stereocenters. The third-order valence-electron chi connectivity index (χ3n) is 11.4. The second kappa shape index (κ2) is 24.5. The van der Waals surface area contributed by atoms with Gasteiger partial charge >= 0.3 is 6.16 Å². The second-order valence-corrected chi connectivity index (χ2v) is 16.1. The van der Waals surface area contributed by atoms with Crippen molar-refractivity contribution < 1.29 is 28.8 Å². The first-order valence-electron chi connectivity index (χ1n) is 22.9. The van der Waals surface area contributed by atoms with Gasteiger partial charge in [0, 0.05) is 41.2 Å². The number of carbonyl (C=O) groups excluding carboxylic acids is 1. The van der Waals surface area contributed by atoms with Crippen molar-refractivity contribution in [1.29, 1.82) is 0 Å². The zero-order chi connectivity index (χ0) is 48.3. The van der Waals surface area contributed by atoms with E-state index < -0.39 is 12.6 Å². The molecule has 8 heteroatoms. The third kappa shape index (κ3) is 13.3.